The Hall–Kier alpha value is -2.39. The van der Waals surface area contributed by atoms with Crippen LogP contribution >= 0.6 is 0 Å². The maximum Gasteiger partial charge on any atom is 0.335 e. The largest absolute Gasteiger partial charge is 0.496 e. The lowest BCUT2D eigenvalue weighted by molar-refractivity contribution is 0.0696. The van der Waals surface area contributed by atoms with E-state index in [9.17, 15) is 18.3 Å². The van der Waals surface area contributed by atoms with Crippen LogP contribution in [0.5, 0.6) is 5.75 Å². The standard InChI is InChI=1S/C18H23N3O5S/c1-12-8-17(20(2)19-12)27(24,25)21-7-6-13(11-21)9-15-10-14(18(22)23)4-5-16(15)26-3/h4-5,8,10,13H,6-7,9,11H2,1-3H3,(H,22,23). The molecule has 1 aliphatic rings. The summed E-state index contributed by atoms with van der Waals surface area (Å²) < 4.78 is 34.0. The minimum atomic E-state index is -3.60. The summed E-state index contributed by atoms with van der Waals surface area (Å²) in [5, 5.41) is 13.5. The minimum absolute atomic E-state index is 0.0899. The first-order valence-corrected chi connectivity index (χ1v) is 10.1. The molecule has 1 saturated heterocycles. The van der Waals surface area contributed by atoms with E-state index in [2.05, 4.69) is 5.10 Å². The Balaban J connectivity index is 1.78. The van der Waals surface area contributed by atoms with Crippen molar-refractivity contribution in [3.05, 3.63) is 41.1 Å². The van der Waals surface area contributed by atoms with E-state index in [1.807, 2.05) is 0 Å². The summed E-state index contributed by atoms with van der Waals surface area (Å²) >= 11 is 0. The number of benzene rings is 1. The molecule has 1 atom stereocenters. The van der Waals surface area contributed by atoms with E-state index in [0.717, 1.165) is 5.56 Å². The molecule has 1 aromatic carbocycles. The van der Waals surface area contributed by atoms with Gasteiger partial charge in [-0.3, -0.25) is 4.68 Å². The monoisotopic (exact) mass is 393 g/mol. The highest BCUT2D eigenvalue weighted by atomic mass is 32.2. The normalized spacial score (nSPS) is 18.0. The van der Waals surface area contributed by atoms with Crippen LogP contribution < -0.4 is 4.74 Å². The molecule has 1 unspecified atom stereocenters. The lowest BCUT2D eigenvalue weighted by Gasteiger charge is -2.17. The van der Waals surface area contributed by atoms with Crippen molar-refractivity contribution in [2.24, 2.45) is 13.0 Å². The molecule has 2 aromatic rings. The van der Waals surface area contributed by atoms with Crippen molar-refractivity contribution in [2.45, 2.75) is 24.8 Å². The summed E-state index contributed by atoms with van der Waals surface area (Å²) in [6.45, 7) is 2.57. The predicted molar refractivity (Wildman–Crippen MR) is 98.5 cm³/mol. The van der Waals surface area contributed by atoms with E-state index in [1.54, 1.807) is 32.2 Å². The van der Waals surface area contributed by atoms with Crippen molar-refractivity contribution in [3.63, 3.8) is 0 Å². The fraction of sp³-hybridized carbons (Fsp3) is 0.444. The van der Waals surface area contributed by atoms with E-state index < -0.39 is 16.0 Å². The second kappa shape index (κ2) is 7.32. The molecular formula is C18H23N3O5S. The first-order chi connectivity index (χ1) is 12.7. The van der Waals surface area contributed by atoms with Gasteiger partial charge < -0.3 is 9.84 Å². The molecule has 1 N–H and O–H groups in total. The van der Waals surface area contributed by atoms with Crippen molar-refractivity contribution < 1.29 is 23.1 Å². The lowest BCUT2D eigenvalue weighted by atomic mass is 9.96. The van der Waals surface area contributed by atoms with Crippen LogP contribution in [0.2, 0.25) is 0 Å². The number of hydrogen-bond acceptors (Lipinski definition) is 5. The molecule has 1 aliphatic heterocycles. The Bertz CT molecular complexity index is 967. The van der Waals surface area contributed by atoms with Gasteiger partial charge in [-0.05, 0) is 55.5 Å². The first-order valence-electron chi connectivity index (χ1n) is 8.63. The topological polar surface area (TPSA) is 102 Å². The Morgan fingerprint density at radius 1 is 1.37 bits per heavy atom. The third-order valence-electron chi connectivity index (χ3n) is 4.85. The van der Waals surface area contributed by atoms with Crippen LogP contribution in [0.15, 0.2) is 29.3 Å². The van der Waals surface area contributed by atoms with Crippen molar-refractivity contribution in [3.8, 4) is 5.75 Å². The second-order valence-electron chi connectivity index (χ2n) is 6.80. The number of carboxylic acid groups (broad SMARTS) is 1. The van der Waals surface area contributed by atoms with Crippen LogP contribution in [0, 0.1) is 12.8 Å². The van der Waals surface area contributed by atoms with Gasteiger partial charge in [0.2, 0.25) is 0 Å². The van der Waals surface area contributed by atoms with Gasteiger partial charge in [-0.2, -0.15) is 9.40 Å². The zero-order chi connectivity index (χ0) is 19.8. The molecule has 146 valence electrons. The Labute approximate surface area is 158 Å². The van der Waals surface area contributed by atoms with Crippen molar-refractivity contribution in [2.75, 3.05) is 20.2 Å². The Morgan fingerprint density at radius 3 is 2.70 bits per heavy atom. The molecule has 1 fully saturated rings. The number of carboxylic acids is 1. The summed E-state index contributed by atoms with van der Waals surface area (Å²) in [5.41, 5.74) is 1.62. The Kier molecular flexibility index (Phi) is 5.25. The number of rotatable bonds is 6. The molecule has 1 aromatic heterocycles. The molecule has 27 heavy (non-hydrogen) atoms. The van der Waals surface area contributed by atoms with Gasteiger partial charge in [-0.1, -0.05) is 0 Å². The maximum atomic E-state index is 12.9. The highest BCUT2D eigenvalue weighted by Crippen LogP contribution is 2.30. The van der Waals surface area contributed by atoms with Gasteiger partial charge in [-0.15, -0.1) is 0 Å². The first kappa shape index (κ1) is 19.4. The molecule has 0 amide bonds. The average molecular weight is 393 g/mol. The van der Waals surface area contributed by atoms with E-state index in [-0.39, 0.29) is 16.5 Å². The number of sulfonamides is 1. The number of nitrogens with zero attached hydrogens (tertiary/aromatic N) is 3. The molecule has 0 saturated carbocycles. The Morgan fingerprint density at radius 2 is 2.11 bits per heavy atom. The number of methoxy groups -OCH3 is 1. The van der Waals surface area contributed by atoms with Gasteiger partial charge in [0.25, 0.3) is 10.0 Å². The molecule has 9 heteroatoms. The third-order valence-corrected chi connectivity index (χ3v) is 6.77. The van der Waals surface area contributed by atoms with Crippen LogP contribution in [0.1, 0.15) is 28.0 Å². The second-order valence-corrected chi connectivity index (χ2v) is 8.69. The minimum Gasteiger partial charge on any atom is -0.496 e. The molecule has 0 radical (unpaired) electrons. The summed E-state index contributed by atoms with van der Waals surface area (Å²) in [7, 11) is -0.445. The molecule has 0 bridgehead atoms. The fourth-order valence-corrected chi connectivity index (χ4v) is 5.24. The molecule has 3 rings (SSSR count). The van der Waals surface area contributed by atoms with Crippen LogP contribution in [-0.2, 0) is 23.5 Å². The van der Waals surface area contributed by atoms with Gasteiger partial charge in [0.1, 0.15) is 5.75 Å². The third kappa shape index (κ3) is 3.84. The van der Waals surface area contributed by atoms with E-state index in [0.29, 0.717) is 37.4 Å². The van der Waals surface area contributed by atoms with Gasteiger partial charge in [0.05, 0.1) is 18.4 Å². The summed E-state index contributed by atoms with van der Waals surface area (Å²) in [4.78, 5) is 11.2. The molecule has 0 aliphatic carbocycles. The highest BCUT2D eigenvalue weighted by molar-refractivity contribution is 7.89. The summed E-state index contributed by atoms with van der Waals surface area (Å²) in [5.74, 6) is -0.295. The zero-order valence-corrected chi connectivity index (χ0v) is 16.4. The summed E-state index contributed by atoms with van der Waals surface area (Å²) in [6, 6.07) is 6.31. The smallest absolute Gasteiger partial charge is 0.335 e. The van der Waals surface area contributed by atoms with Gasteiger partial charge in [0, 0.05) is 20.1 Å². The van der Waals surface area contributed by atoms with Crippen molar-refractivity contribution in [1.82, 2.24) is 14.1 Å². The van der Waals surface area contributed by atoms with Crippen molar-refractivity contribution >= 4 is 16.0 Å². The number of aromatic nitrogens is 2. The van der Waals surface area contributed by atoms with E-state index in [4.69, 9.17) is 4.74 Å². The van der Waals surface area contributed by atoms with Crippen LogP contribution in [0.25, 0.3) is 0 Å². The average Bonchev–Trinajstić information content (AvgIpc) is 3.21. The zero-order valence-electron chi connectivity index (χ0n) is 15.5. The van der Waals surface area contributed by atoms with Crippen LogP contribution in [0.4, 0.5) is 0 Å². The highest BCUT2D eigenvalue weighted by Gasteiger charge is 2.34. The molecular weight excluding hydrogens is 370 g/mol. The number of hydrogen-bond donors (Lipinski definition) is 1. The number of aryl methyl sites for hydroxylation is 2. The van der Waals surface area contributed by atoms with Crippen LogP contribution in [0.3, 0.4) is 0 Å². The predicted octanol–water partition coefficient (Wildman–Crippen LogP) is 1.69. The SMILES string of the molecule is COc1ccc(C(=O)O)cc1CC1CCN(S(=O)(=O)c2cc(C)nn2C)C1. The van der Waals surface area contributed by atoms with E-state index in [1.165, 1.54) is 22.2 Å². The quantitative estimate of drug-likeness (QED) is 0.801. The molecule has 2 heterocycles. The van der Waals surface area contributed by atoms with Crippen molar-refractivity contribution in [1.29, 1.82) is 0 Å². The number of ether oxygens (including phenoxy) is 1. The van der Waals surface area contributed by atoms with Crippen LogP contribution in [-0.4, -0.2) is 53.8 Å². The molecule has 8 nitrogen and oxygen atoms in total. The number of carbonyl (C=O) groups is 1. The fourth-order valence-electron chi connectivity index (χ4n) is 3.52. The van der Waals surface area contributed by atoms with E-state index >= 15 is 0 Å². The number of aromatic carboxylic acids is 1. The molecule has 0 spiro atoms. The maximum absolute atomic E-state index is 12.9. The van der Waals surface area contributed by atoms with Gasteiger partial charge >= 0.3 is 5.97 Å². The van der Waals surface area contributed by atoms with Gasteiger partial charge in [-0.25, -0.2) is 13.2 Å². The summed E-state index contributed by atoms with van der Waals surface area (Å²) in [6.07, 6.45) is 1.26. The van der Waals surface area contributed by atoms with Gasteiger partial charge in [0.15, 0.2) is 5.03 Å². The lowest BCUT2D eigenvalue weighted by Crippen LogP contribution is -2.30.